The number of thiophene rings is 1. The summed E-state index contributed by atoms with van der Waals surface area (Å²) >= 11 is 1.06. The van der Waals surface area contributed by atoms with Crippen molar-refractivity contribution >= 4 is 28.5 Å². The van der Waals surface area contributed by atoms with Crippen LogP contribution in [0.4, 0.5) is 5.00 Å². The number of nitrogens with one attached hydrogen (secondary N) is 1. The van der Waals surface area contributed by atoms with Crippen molar-refractivity contribution in [1.29, 1.82) is 5.26 Å². The van der Waals surface area contributed by atoms with Crippen LogP contribution in [0.2, 0.25) is 0 Å². The van der Waals surface area contributed by atoms with E-state index in [4.69, 9.17) is 16.1 Å². The normalized spacial score (nSPS) is 10.5. The van der Waals surface area contributed by atoms with Gasteiger partial charge in [-0.1, -0.05) is 0 Å². The minimum atomic E-state index is -0.416. The number of benzene rings is 1. The maximum absolute atomic E-state index is 12.0. The molecule has 0 aliphatic rings. The number of rotatable bonds is 3. The SMILES string of the molecule is Cc1c(C(=O)NN=Cc2ccc(O)cc2)sc(N)c1C#N. The van der Waals surface area contributed by atoms with E-state index in [9.17, 15) is 4.79 Å². The average molecular weight is 300 g/mol. The molecule has 0 spiro atoms. The second kappa shape index (κ2) is 6.07. The largest absolute Gasteiger partial charge is 0.508 e. The molecule has 0 bridgehead atoms. The third-order valence-electron chi connectivity index (χ3n) is 2.76. The average Bonchev–Trinajstić information content (AvgIpc) is 2.75. The second-order valence-electron chi connectivity index (χ2n) is 4.20. The Bertz CT molecular complexity index is 742. The molecule has 0 radical (unpaired) electrons. The van der Waals surface area contributed by atoms with Gasteiger partial charge in [0.15, 0.2) is 0 Å². The predicted molar refractivity (Wildman–Crippen MR) is 81.4 cm³/mol. The number of phenolic OH excluding ortho intramolecular Hbond substituents is 1. The van der Waals surface area contributed by atoms with Gasteiger partial charge < -0.3 is 10.8 Å². The Labute approximate surface area is 125 Å². The van der Waals surface area contributed by atoms with E-state index in [2.05, 4.69) is 10.5 Å². The van der Waals surface area contributed by atoms with Crippen LogP contribution in [0.3, 0.4) is 0 Å². The highest BCUT2D eigenvalue weighted by atomic mass is 32.1. The van der Waals surface area contributed by atoms with E-state index in [0.717, 1.165) is 16.9 Å². The van der Waals surface area contributed by atoms with Crippen LogP contribution in [-0.2, 0) is 0 Å². The summed E-state index contributed by atoms with van der Waals surface area (Å²) in [5, 5.41) is 22.2. The fourth-order valence-corrected chi connectivity index (χ4v) is 2.58. The van der Waals surface area contributed by atoms with E-state index in [1.807, 2.05) is 6.07 Å². The Morgan fingerprint density at radius 3 is 2.71 bits per heavy atom. The van der Waals surface area contributed by atoms with Crippen LogP contribution >= 0.6 is 11.3 Å². The van der Waals surface area contributed by atoms with Crippen LogP contribution in [0.1, 0.15) is 26.4 Å². The lowest BCUT2D eigenvalue weighted by molar-refractivity contribution is 0.0958. The zero-order valence-corrected chi connectivity index (χ0v) is 11.9. The number of nitriles is 1. The first-order valence-electron chi connectivity index (χ1n) is 5.94. The number of aromatic hydroxyl groups is 1. The van der Waals surface area contributed by atoms with Gasteiger partial charge in [0.1, 0.15) is 21.7 Å². The Hall–Kier alpha value is -2.85. The van der Waals surface area contributed by atoms with Gasteiger partial charge in [-0.15, -0.1) is 11.3 Å². The van der Waals surface area contributed by atoms with Crippen molar-refractivity contribution in [2.45, 2.75) is 6.92 Å². The molecule has 1 amide bonds. The number of amides is 1. The highest BCUT2D eigenvalue weighted by molar-refractivity contribution is 7.18. The number of nitrogens with zero attached hydrogens (tertiary/aromatic N) is 2. The summed E-state index contributed by atoms with van der Waals surface area (Å²) in [6.07, 6.45) is 1.45. The van der Waals surface area contributed by atoms with E-state index >= 15 is 0 Å². The lowest BCUT2D eigenvalue weighted by atomic mass is 10.2. The van der Waals surface area contributed by atoms with Gasteiger partial charge in [-0.2, -0.15) is 10.4 Å². The van der Waals surface area contributed by atoms with Crippen LogP contribution in [0.25, 0.3) is 0 Å². The van der Waals surface area contributed by atoms with Crippen molar-refractivity contribution in [2.75, 3.05) is 5.73 Å². The van der Waals surface area contributed by atoms with Crippen LogP contribution in [0, 0.1) is 18.3 Å². The van der Waals surface area contributed by atoms with E-state index in [-0.39, 0.29) is 5.75 Å². The molecule has 4 N–H and O–H groups in total. The van der Waals surface area contributed by atoms with Crippen LogP contribution in [-0.4, -0.2) is 17.2 Å². The minimum absolute atomic E-state index is 0.157. The first-order valence-corrected chi connectivity index (χ1v) is 6.76. The molecule has 106 valence electrons. The lowest BCUT2D eigenvalue weighted by Gasteiger charge is -1.98. The highest BCUT2D eigenvalue weighted by Gasteiger charge is 2.17. The number of hydrogen-bond acceptors (Lipinski definition) is 6. The molecule has 2 aromatic rings. The van der Waals surface area contributed by atoms with Crippen molar-refractivity contribution in [1.82, 2.24) is 5.43 Å². The maximum Gasteiger partial charge on any atom is 0.281 e. The molecular weight excluding hydrogens is 288 g/mol. The quantitative estimate of drug-likeness (QED) is 0.594. The third kappa shape index (κ3) is 3.19. The van der Waals surface area contributed by atoms with E-state index < -0.39 is 5.91 Å². The summed E-state index contributed by atoms with van der Waals surface area (Å²) in [5.41, 5.74) is 9.67. The number of carbonyl (C=O) groups is 1. The minimum Gasteiger partial charge on any atom is -0.508 e. The van der Waals surface area contributed by atoms with Gasteiger partial charge in [0.2, 0.25) is 0 Å². The smallest absolute Gasteiger partial charge is 0.281 e. The summed E-state index contributed by atoms with van der Waals surface area (Å²) in [5.74, 6) is -0.259. The van der Waals surface area contributed by atoms with Crippen LogP contribution < -0.4 is 11.2 Å². The summed E-state index contributed by atoms with van der Waals surface area (Å²) in [4.78, 5) is 12.3. The number of hydrogen-bond donors (Lipinski definition) is 3. The molecule has 1 aromatic carbocycles. The third-order valence-corrected chi connectivity index (χ3v) is 3.88. The molecule has 2 rings (SSSR count). The summed E-state index contributed by atoms with van der Waals surface area (Å²) in [6.45, 7) is 1.67. The van der Waals surface area contributed by atoms with Gasteiger partial charge >= 0.3 is 0 Å². The van der Waals surface area contributed by atoms with Crippen LogP contribution in [0.15, 0.2) is 29.4 Å². The molecule has 1 aromatic heterocycles. The number of carbonyl (C=O) groups excluding carboxylic acids is 1. The highest BCUT2D eigenvalue weighted by Crippen LogP contribution is 2.29. The summed E-state index contributed by atoms with van der Waals surface area (Å²) in [6, 6.07) is 8.33. The molecule has 0 atom stereocenters. The fraction of sp³-hybridized carbons (Fsp3) is 0.0714. The number of nitrogen functional groups attached to an aromatic ring is 1. The number of nitrogens with two attached hydrogens (primary N) is 1. The van der Waals surface area contributed by atoms with E-state index in [0.29, 0.717) is 21.0 Å². The zero-order valence-electron chi connectivity index (χ0n) is 11.1. The lowest BCUT2D eigenvalue weighted by Crippen LogP contribution is -2.17. The van der Waals surface area contributed by atoms with Crippen molar-refractivity contribution in [3.63, 3.8) is 0 Å². The van der Waals surface area contributed by atoms with Gasteiger partial charge in [-0.3, -0.25) is 4.79 Å². The molecule has 0 unspecified atom stereocenters. The first-order chi connectivity index (χ1) is 10.0. The second-order valence-corrected chi connectivity index (χ2v) is 5.25. The maximum atomic E-state index is 12.0. The molecule has 0 saturated carbocycles. The molecule has 0 aliphatic carbocycles. The topological polar surface area (TPSA) is 112 Å². The Morgan fingerprint density at radius 1 is 1.48 bits per heavy atom. The van der Waals surface area contributed by atoms with Crippen molar-refractivity contribution < 1.29 is 9.90 Å². The Kier molecular flexibility index (Phi) is 4.21. The van der Waals surface area contributed by atoms with Gasteiger partial charge in [0.25, 0.3) is 5.91 Å². The fourth-order valence-electron chi connectivity index (χ4n) is 1.67. The van der Waals surface area contributed by atoms with Crippen molar-refractivity contribution in [3.05, 3.63) is 45.8 Å². The first kappa shape index (κ1) is 14.6. The number of hydrazone groups is 1. The molecule has 6 nitrogen and oxygen atoms in total. The molecule has 21 heavy (non-hydrogen) atoms. The molecule has 0 saturated heterocycles. The summed E-state index contributed by atoms with van der Waals surface area (Å²) in [7, 11) is 0. The molecular formula is C14H12N4O2S. The molecule has 0 aliphatic heterocycles. The van der Waals surface area contributed by atoms with Gasteiger partial charge in [0.05, 0.1) is 11.8 Å². The Morgan fingerprint density at radius 2 is 2.14 bits per heavy atom. The Balaban J connectivity index is 2.09. The van der Waals surface area contributed by atoms with Gasteiger partial charge in [-0.05, 0) is 42.3 Å². The van der Waals surface area contributed by atoms with Crippen molar-refractivity contribution in [2.24, 2.45) is 5.10 Å². The molecule has 0 fully saturated rings. The van der Waals surface area contributed by atoms with Gasteiger partial charge in [-0.25, -0.2) is 5.43 Å². The number of phenols is 1. The predicted octanol–water partition coefficient (Wildman–Crippen LogP) is 1.98. The zero-order chi connectivity index (χ0) is 15.4. The van der Waals surface area contributed by atoms with Crippen LogP contribution in [0.5, 0.6) is 5.75 Å². The van der Waals surface area contributed by atoms with E-state index in [1.54, 1.807) is 19.1 Å². The van der Waals surface area contributed by atoms with E-state index in [1.165, 1.54) is 18.3 Å². The molecule has 1 heterocycles. The monoisotopic (exact) mass is 300 g/mol. The standard InChI is InChI=1S/C14H12N4O2S/c1-8-11(6-15)13(16)21-12(8)14(20)18-17-7-9-2-4-10(19)5-3-9/h2-5,7,19H,16H2,1H3,(H,18,20). The molecule has 7 heteroatoms. The summed E-state index contributed by atoms with van der Waals surface area (Å²) < 4.78 is 0. The van der Waals surface area contributed by atoms with Gasteiger partial charge in [0, 0.05) is 0 Å². The number of anilines is 1. The van der Waals surface area contributed by atoms with Crippen molar-refractivity contribution in [3.8, 4) is 11.8 Å².